The number of carbonyl (C=O) groups is 1. The molecule has 0 aliphatic rings. The summed E-state index contributed by atoms with van der Waals surface area (Å²) in [6, 6.07) is 6.33. The maximum atomic E-state index is 12.1. The molecule has 0 fully saturated rings. The van der Waals surface area contributed by atoms with Crippen LogP contribution in [0.4, 0.5) is 13.2 Å². The fourth-order valence-electron chi connectivity index (χ4n) is 2.24. The van der Waals surface area contributed by atoms with Crippen LogP contribution >= 0.6 is 11.6 Å². The molecule has 0 atom stereocenters. The van der Waals surface area contributed by atoms with Gasteiger partial charge >= 0.3 is 6.18 Å². The van der Waals surface area contributed by atoms with Gasteiger partial charge in [-0.1, -0.05) is 23.7 Å². The number of alkyl halides is 3. The predicted octanol–water partition coefficient (Wildman–Crippen LogP) is 3.74. The lowest BCUT2D eigenvalue weighted by Gasteiger charge is -2.09. The molecule has 1 heterocycles. The fraction of sp³-hybridized carbons (Fsp3) is 0.412. The first-order valence-electron chi connectivity index (χ1n) is 7.96. The highest BCUT2D eigenvalue weighted by atomic mass is 35.5. The Hall–Kier alpha value is -2.06. The van der Waals surface area contributed by atoms with E-state index in [0.29, 0.717) is 35.7 Å². The van der Waals surface area contributed by atoms with Crippen molar-refractivity contribution in [1.82, 2.24) is 15.1 Å². The number of hydrogen-bond acceptors (Lipinski definition) is 3. The summed E-state index contributed by atoms with van der Waals surface area (Å²) in [6.45, 7) is 1.33. The highest BCUT2D eigenvalue weighted by Gasteiger charge is 2.27. The number of rotatable bonds is 8. The van der Waals surface area contributed by atoms with E-state index in [2.05, 4.69) is 15.2 Å². The van der Waals surface area contributed by atoms with Gasteiger partial charge < -0.3 is 10.1 Å². The zero-order valence-electron chi connectivity index (χ0n) is 14.1. The van der Waals surface area contributed by atoms with E-state index in [1.165, 1.54) is 6.07 Å². The van der Waals surface area contributed by atoms with Crippen LogP contribution in [0, 0.1) is 6.92 Å². The van der Waals surface area contributed by atoms with E-state index < -0.39 is 12.8 Å². The lowest BCUT2D eigenvalue weighted by Crippen LogP contribution is -2.25. The van der Waals surface area contributed by atoms with Crippen LogP contribution in [0.5, 0.6) is 0 Å². The number of nitrogens with one attached hydrogen (secondary N) is 1. The van der Waals surface area contributed by atoms with Gasteiger partial charge in [0.05, 0.1) is 17.3 Å². The summed E-state index contributed by atoms with van der Waals surface area (Å²) >= 11 is 5.92. The van der Waals surface area contributed by atoms with Crippen molar-refractivity contribution in [3.63, 3.8) is 0 Å². The topological polar surface area (TPSA) is 56.2 Å². The van der Waals surface area contributed by atoms with Gasteiger partial charge in [-0.3, -0.25) is 9.48 Å². The molecule has 26 heavy (non-hydrogen) atoms. The minimum Gasteiger partial charge on any atom is -0.367 e. The number of carbonyl (C=O) groups excluding carboxylic acids is 1. The van der Waals surface area contributed by atoms with Crippen LogP contribution in [0.1, 0.15) is 28.0 Å². The lowest BCUT2D eigenvalue weighted by atomic mass is 10.1. The van der Waals surface area contributed by atoms with Crippen molar-refractivity contribution in [1.29, 1.82) is 0 Å². The van der Waals surface area contributed by atoms with Gasteiger partial charge in [-0.15, -0.1) is 0 Å². The number of benzene rings is 1. The van der Waals surface area contributed by atoms with Gasteiger partial charge in [-0.25, -0.2) is 0 Å². The van der Waals surface area contributed by atoms with E-state index in [1.807, 2.05) is 6.92 Å². The van der Waals surface area contributed by atoms with Gasteiger partial charge in [0.2, 0.25) is 0 Å². The molecular weight excluding hydrogens is 371 g/mol. The van der Waals surface area contributed by atoms with E-state index in [-0.39, 0.29) is 12.5 Å². The summed E-state index contributed by atoms with van der Waals surface area (Å²) in [5, 5.41) is 7.58. The maximum absolute atomic E-state index is 12.1. The van der Waals surface area contributed by atoms with Gasteiger partial charge in [0.25, 0.3) is 5.91 Å². The Balaban J connectivity index is 1.77. The summed E-state index contributed by atoms with van der Waals surface area (Å²) < 4.78 is 42.6. The number of hydrogen-bond donors (Lipinski definition) is 1. The Labute approximate surface area is 154 Å². The second-order valence-corrected chi connectivity index (χ2v) is 6.15. The zero-order chi connectivity index (χ0) is 19.2. The van der Waals surface area contributed by atoms with Crippen molar-refractivity contribution < 1.29 is 22.7 Å². The van der Waals surface area contributed by atoms with Gasteiger partial charge in [-0.2, -0.15) is 18.3 Å². The summed E-state index contributed by atoms with van der Waals surface area (Å²) in [6.07, 6.45) is -1.98. The van der Waals surface area contributed by atoms with E-state index in [9.17, 15) is 18.0 Å². The molecule has 0 radical (unpaired) electrons. The normalized spacial score (nSPS) is 11.6. The van der Waals surface area contributed by atoms with Crippen molar-refractivity contribution in [3.8, 4) is 0 Å². The molecular formula is C17H19ClF3N3O2. The van der Waals surface area contributed by atoms with Crippen molar-refractivity contribution >= 4 is 17.5 Å². The second-order valence-electron chi connectivity index (χ2n) is 5.74. The average Bonchev–Trinajstić information content (AvgIpc) is 2.88. The van der Waals surface area contributed by atoms with Gasteiger partial charge in [0, 0.05) is 24.8 Å². The second kappa shape index (κ2) is 9.05. The minimum atomic E-state index is -4.37. The summed E-state index contributed by atoms with van der Waals surface area (Å²) in [5.74, 6) is -0.294. The summed E-state index contributed by atoms with van der Waals surface area (Å²) in [4.78, 5) is 12.1. The molecule has 5 nitrogen and oxygen atoms in total. The molecule has 0 saturated heterocycles. The molecule has 9 heteroatoms. The SMILES string of the molecule is Cc1nn(CCCNC(=O)c2cccc(COCC(F)(F)F)c2)cc1Cl. The molecule has 0 saturated carbocycles. The fourth-order valence-corrected chi connectivity index (χ4v) is 2.39. The third-order valence-electron chi connectivity index (χ3n) is 3.46. The molecule has 1 N–H and O–H groups in total. The van der Waals surface area contributed by atoms with Crippen LogP contribution in [-0.2, 0) is 17.9 Å². The van der Waals surface area contributed by atoms with Gasteiger partial charge in [0.1, 0.15) is 6.61 Å². The summed E-state index contributed by atoms with van der Waals surface area (Å²) in [5.41, 5.74) is 1.62. The Morgan fingerprint density at radius 1 is 1.38 bits per heavy atom. The van der Waals surface area contributed by atoms with E-state index in [1.54, 1.807) is 29.1 Å². The third-order valence-corrected chi connectivity index (χ3v) is 3.83. The van der Waals surface area contributed by atoms with Crippen molar-refractivity contribution in [2.45, 2.75) is 32.7 Å². The molecule has 0 unspecified atom stereocenters. The molecule has 1 aromatic heterocycles. The van der Waals surface area contributed by atoms with Crippen LogP contribution in [0.15, 0.2) is 30.5 Å². The van der Waals surface area contributed by atoms with Gasteiger partial charge in [0.15, 0.2) is 0 Å². The van der Waals surface area contributed by atoms with Crippen LogP contribution < -0.4 is 5.32 Å². The molecule has 142 valence electrons. The third kappa shape index (κ3) is 6.68. The molecule has 1 aromatic carbocycles. The molecule has 2 aromatic rings. The Bertz CT molecular complexity index is 728. The van der Waals surface area contributed by atoms with E-state index in [4.69, 9.17) is 11.6 Å². The monoisotopic (exact) mass is 389 g/mol. The molecule has 0 aliphatic carbocycles. The number of aromatic nitrogens is 2. The minimum absolute atomic E-state index is 0.208. The van der Waals surface area contributed by atoms with Crippen LogP contribution in [0.25, 0.3) is 0 Å². The predicted molar refractivity (Wildman–Crippen MR) is 91.1 cm³/mol. The van der Waals surface area contributed by atoms with Crippen LogP contribution in [-0.4, -0.2) is 35.0 Å². The van der Waals surface area contributed by atoms with Crippen LogP contribution in [0.3, 0.4) is 0 Å². The number of halogens is 4. The van der Waals surface area contributed by atoms with E-state index in [0.717, 1.165) is 5.69 Å². The first-order valence-corrected chi connectivity index (χ1v) is 8.33. The number of amides is 1. The van der Waals surface area contributed by atoms with Gasteiger partial charge in [-0.05, 0) is 31.0 Å². The molecule has 0 bridgehead atoms. The quantitative estimate of drug-likeness (QED) is 0.700. The number of aryl methyl sites for hydroxylation is 2. The van der Waals surface area contributed by atoms with Crippen molar-refractivity contribution in [2.75, 3.05) is 13.2 Å². The Morgan fingerprint density at radius 3 is 2.81 bits per heavy atom. The van der Waals surface area contributed by atoms with E-state index >= 15 is 0 Å². The average molecular weight is 390 g/mol. The van der Waals surface area contributed by atoms with Crippen LogP contribution in [0.2, 0.25) is 5.02 Å². The van der Waals surface area contributed by atoms with Crippen molar-refractivity contribution in [3.05, 3.63) is 52.3 Å². The highest BCUT2D eigenvalue weighted by molar-refractivity contribution is 6.31. The smallest absolute Gasteiger partial charge is 0.367 e. The maximum Gasteiger partial charge on any atom is 0.411 e. The molecule has 0 aliphatic heterocycles. The standard InChI is InChI=1S/C17H19ClF3N3O2/c1-12-15(18)9-24(23-12)7-3-6-22-16(25)14-5-2-4-13(8-14)10-26-11-17(19,20)21/h2,4-5,8-9H,3,6-7,10-11H2,1H3,(H,22,25). The lowest BCUT2D eigenvalue weighted by molar-refractivity contribution is -0.176. The largest absolute Gasteiger partial charge is 0.411 e. The Morgan fingerprint density at radius 2 is 2.15 bits per heavy atom. The Kier molecular flexibility index (Phi) is 7.05. The highest BCUT2D eigenvalue weighted by Crippen LogP contribution is 2.16. The zero-order valence-corrected chi connectivity index (χ0v) is 14.9. The summed E-state index contributed by atoms with van der Waals surface area (Å²) in [7, 11) is 0. The number of nitrogens with zero attached hydrogens (tertiary/aromatic N) is 2. The molecule has 1 amide bonds. The first-order chi connectivity index (χ1) is 12.2. The molecule has 2 rings (SSSR count). The van der Waals surface area contributed by atoms with Crippen molar-refractivity contribution in [2.24, 2.45) is 0 Å². The number of ether oxygens (including phenoxy) is 1. The first kappa shape index (κ1) is 20.3. The molecule has 0 spiro atoms.